The fraction of sp³-hybridized carbons (Fsp3) is 0.500. The molecule has 0 N–H and O–H groups in total. The van der Waals surface area contributed by atoms with Crippen LogP contribution >= 0.6 is 11.6 Å². The molecule has 1 saturated heterocycles. The highest BCUT2D eigenvalue weighted by Gasteiger charge is 2.20. The third-order valence-corrected chi connectivity index (χ3v) is 2.83. The minimum atomic E-state index is 0.774. The Bertz CT molecular complexity index is 301. The fourth-order valence-electron chi connectivity index (χ4n) is 1.76. The quantitative estimate of drug-likeness (QED) is 0.687. The summed E-state index contributed by atoms with van der Waals surface area (Å²) >= 11 is 6.07. The van der Waals surface area contributed by atoms with Crippen molar-refractivity contribution in [3.8, 4) is 0 Å². The van der Waals surface area contributed by atoms with E-state index in [1.165, 1.54) is 6.42 Å². The van der Waals surface area contributed by atoms with Crippen molar-refractivity contribution in [2.24, 2.45) is 5.92 Å². The molecular weight excluding hydrogens is 184 g/mol. The summed E-state index contributed by atoms with van der Waals surface area (Å²) in [5.74, 6) is 0.774. The summed E-state index contributed by atoms with van der Waals surface area (Å²) in [6, 6.07) is 1.85. The number of hydrogen-bond acceptors (Lipinski definition) is 2. The molecule has 1 aliphatic heterocycles. The van der Waals surface area contributed by atoms with Gasteiger partial charge in [0.25, 0.3) is 0 Å². The van der Waals surface area contributed by atoms with E-state index in [0.29, 0.717) is 0 Å². The summed E-state index contributed by atoms with van der Waals surface area (Å²) in [6.07, 6.45) is 4.83. The largest absolute Gasteiger partial charge is 0.369 e. The Morgan fingerprint density at radius 1 is 1.62 bits per heavy atom. The zero-order valence-corrected chi connectivity index (χ0v) is 8.46. The van der Waals surface area contributed by atoms with Crippen molar-refractivity contribution in [2.75, 3.05) is 18.0 Å². The molecule has 2 heterocycles. The molecule has 0 spiro atoms. The third-order valence-electron chi connectivity index (χ3n) is 2.51. The van der Waals surface area contributed by atoms with Crippen LogP contribution < -0.4 is 4.90 Å². The van der Waals surface area contributed by atoms with Gasteiger partial charge >= 0.3 is 0 Å². The molecule has 0 radical (unpaired) electrons. The van der Waals surface area contributed by atoms with Gasteiger partial charge in [0, 0.05) is 19.3 Å². The molecule has 2 rings (SSSR count). The van der Waals surface area contributed by atoms with Crippen LogP contribution in [0, 0.1) is 5.92 Å². The van der Waals surface area contributed by atoms with Gasteiger partial charge in [-0.1, -0.05) is 18.5 Å². The molecule has 1 fully saturated rings. The van der Waals surface area contributed by atoms with Crippen molar-refractivity contribution in [1.82, 2.24) is 4.98 Å². The normalized spacial score (nSPS) is 22.3. The van der Waals surface area contributed by atoms with Gasteiger partial charge in [-0.05, 0) is 18.4 Å². The molecule has 2 nitrogen and oxygen atoms in total. The topological polar surface area (TPSA) is 16.1 Å². The first-order valence-electron chi connectivity index (χ1n) is 4.62. The molecule has 13 heavy (non-hydrogen) atoms. The standard InChI is InChI=1S/C10H13ClN2/c1-8-3-5-13(7-8)10-6-12-4-2-9(10)11/h2,4,6,8H,3,5,7H2,1H3. The smallest absolute Gasteiger partial charge is 0.0742 e. The Kier molecular flexibility index (Phi) is 2.40. The zero-order valence-electron chi connectivity index (χ0n) is 7.70. The molecule has 70 valence electrons. The lowest BCUT2D eigenvalue weighted by atomic mass is 10.2. The summed E-state index contributed by atoms with van der Waals surface area (Å²) in [5.41, 5.74) is 1.08. The van der Waals surface area contributed by atoms with Crippen LogP contribution in [0.15, 0.2) is 18.5 Å². The lowest BCUT2D eigenvalue weighted by molar-refractivity contribution is 0.659. The molecule has 0 aliphatic carbocycles. The fourth-order valence-corrected chi connectivity index (χ4v) is 1.98. The number of aromatic nitrogens is 1. The van der Waals surface area contributed by atoms with Gasteiger partial charge in [-0.2, -0.15) is 0 Å². The Morgan fingerprint density at radius 3 is 3.08 bits per heavy atom. The molecule has 1 aliphatic rings. The molecule has 0 aromatic carbocycles. The number of anilines is 1. The van der Waals surface area contributed by atoms with Crippen molar-refractivity contribution in [3.05, 3.63) is 23.5 Å². The van der Waals surface area contributed by atoms with Crippen LogP contribution in [0.25, 0.3) is 0 Å². The van der Waals surface area contributed by atoms with Crippen LogP contribution in [0.3, 0.4) is 0 Å². The van der Waals surface area contributed by atoms with E-state index in [2.05, 4.69) is 16.8 Å². The van der Waals surface area contributed by atoms with Crippen LogP contribution in [-0.4, -0.2) is 18.1 Å². The summed E-state index contributed by atoms with van der Waals surface area (Å²) in [7, 11) is 0. The highest BCUT2D eigenvalue weighted by Crippen LogP contribution is 2.28. The van der Waals surface area contributed by atoms with Gasteiger partial charge in [0.05, 0.1) is 16.9 Å². The van der Waals surface area contributed by atoms with Gasteiger partial charge in [0.15, 0.2) is 0 Å². The van der Waals surface area contributed by atoms with Crippen LogP contribution in [0.5, 0.6) is 0 Å². The van der Waals surface area contributed by atoms with Crippen molar-refractivity contribution >= 4 is 17.3 Å². The molecule has 0 amide bonds. The lowest BCUT2D eigenvalue weighted by Gasteiger charge is -2.18. The predicted octanol–water partition coefficient (Wildman–Crippen LogP) is 2.58. The maximum Gasteiger partial charge on any atom is 0.0742 e. The van der Waals surface area contributed by atoms with Gasteiger partial charge in [-0.15, -0.1) is 0 Å². The highest BCUT2D eigenvalue weighted by atomic mass is 35.5. The number of hydrogen-bond donors (Lipinski definition) is 0. The Labute approximate surface area is 83.5 Å². The van der Waals surface area contributed by atoms with E-state index < -0.39 is 0 Å². The van der Waals surface area contributed by atoms with Gasteiger partial charge in [0.1, 0.15) is 0 Å². The first-order valence-corrected chi connectivity index (χ1v) is 4.99. The van der Waals surface area contributed by atoms with E-state index >= 15 is 0 Å². The summed E-state index contributed by atoms with van der Waals surface area (Å²) in [4.78, 5) is 6.39. The SMILES string of the molecule is CC1CCN(c2cnccc2Cl)C1. The van der Waals surface area contributed by atoms with Crippen LogP contribution in [0.2, 0.25) is 5.02 Å². The van der Waals surface area contributed by atoms with Crippen molar-refractivity contribution in [2.45, 2.75) is 13.3 Å². The third kappa shape index (κ3) is 1.78. The van der Waals surface area contributed by atoms with E-state index in [1.807, 2.05) is 12.3 Å². The molecule has 1 atom stereocenters. The molecule has 1 unspecified atom stereocenters. The van der Waals surface area contributed by atoms with Crippen LogP contribution in [0.1, 0.15) is 13.3 Å². The second kappa shape index (κ2) is 3.54. The van der Waals surface area contributed by atoms with Crippen molar-refractivity contribution in [3.63, 3.8) is 0 Å². The minimum Gasteiger partial charge on any atom is -0.369 e. The maximum atomic E-state index is 6.07. The number of halogens is 1. The lowest BCUT2D eigenvalue weighted by Crippen LogP contribution is -2.19. The van der Waals surface area contributed by atoms with Gasteiger partial charge in [-0.3, -0.25) is 4.98 Å². The van der Waals surface area contributed by atoms with E-state index in [9.17, 15) is 0 Å². The van der Waals surface area contributed by atoms with E-state index in [-0.39, 0.29) is 0 Å². The Balaban J connectivity index is 2.21. The maximum absolute atomic E-state index is 6.07. The second-order valence-corrected chi connectivity index (χ2v) is 4.07. The van der Waals surface area contributed by atoms with Crippen LogP contribution in [-0.2, 0) is 0 Å². The predicted molar refractivity (Wildman–Crippen MR) is 55.2 cm³/mol. The van der Waals surface area contributed by atoms with Gasteiger partial charge in [-0.25, -0.2) is 0 Å². The van der Waals surface area contributed by atoms with Crippen molar-refractivity contribution < 1.29 is 0 Å². The van der Waals surface area contributed by atoms with E-state index in [4.69, 9.17) is 11.6 Å². The molecule has 3 heteroatoms. The molecule has 1 aromatic rings. The number of pyridine rings is 1. The summed E-state index contributed by atoms with van der Waals surface area (Å²) < 4.78 is 0. The monoisotopic (exact) mass is 196 g/mol. The second-order valence-electron chi connectivity index (χ2n) is 3.67. The Morgan fingerprint density at radius 2 is 2.46 bits per heavy atom. The van der Waals surface area contributed by atoms with Gasteiger partial charge < -0.3 is 4.90 Å². The number of rotatable bonds is 1. The molecule has 0 saturated carbocycles. The minimum absolute atomic E-state index is 0.774. The number of nitrogens with zero attached hydrogens (tertiary/aromatic N) is 2. The summed E-state index contributed by atoms with van der Waals surface area (Å²) in [5, 5.41) is 0.809. The van der Waals surface area contributed by atoms with Crippen LogP contribution in [0.4, 0.5) is 5.69 Å². The zero-order chi connectivity index (χ0) is 9.26. The van der Waals surface area contributed by atoms with Crippen molar-refractivity contribution in [1.29, 1.82) is 0 Å². The summed E-state index contributed by atoms with van der Waals surface area (Å²) in [6.45, 7) is 4.47. The van der Waals surface area contributed by atoms with Gasteiger partial charge in [0.2, 0.25) is 0 Å². The van der Waals surface area contributed by atoms with E-state index in [1.54, 1.807) is 6.20 Å². The first kappa shape index (κ1) is 8.82. The molecule has 0 bridgehead atoms. The average Bonchev–Trinajstić information content (AvgIpc) is 2.53. The van der Waals surface area contributed by atoms with E-state index in [0.717, 1.165) is 29.7 Å². The first-order chi connectivity index (χ1) is 6.27. The average molecular weight is 197 g/mol. The highest BCUT2D eigenvalue weighted by molar-refractivity contribution is 6.33. The Hall–Kier alpha value is -0.760. The molecular formula is C10H13ClN2. The molecule has 1 aromatic heterocycles.